The van der Waals surface area contributed by atoms with Gasteiger partial charge in [0.05, 0.1) is 11.8 Å². The summed E-state index contributed by atoms with van der Waals surface area (Å²) in [4.78, 5) is 24.1. The van der Waals surface area contributed by atoms with Crippen LogP contribution in [-0.2, 0) is 15.8 Å². The van der Waals surface area contributed by atoms with Crippen LogP contribution < -0.4 is 10.6 Å². The van der Waals surface area contributed by atoms with Gasteiger partial charge in [-0.3, -0.25) is 9.59 Å². The van der Waals surface area contributed by atoms with Gasteiger partial charge in [-0.05, 0) is 30.3 Å². The lowest BCUT2D eigenvalue weighted by atomic mass is 10.2. The van der Waals surface area contributed by atoms with Crippen molar-refractivity contribution in [2.24, 2.45) is 10.2 Å². The zero-order valence-corrected chi connectivity index (χ0v) is 16.0. The maximum absolute atomic E-state index is 12.8. The summed E-state index contributed by atoms with van der Waals surface area (Å²) in [7, 11) is 0. The van der Waals surface area contributed by atoms with Crippen LogP contribution in [0.4, 0.5) is 18.9 Å². The van der Waals surface area contributed by atoms with E-state index < -0.39 is 28.8 Å². The largest absolute Gasteiger partial charge is 0.507 e. The number of phenols is 1. The first-order valence-corrected chi connectivity index (χ1v) is 9.44. The van der Waals surface area contributed by atoms with Gasteiger partial charge < -0.3 is 15.7 Å². The van der Waals surface area contributed by atoms with Gasteiger partial charge in [-0.2, -0.15) is 18.3 Å². The van der Waals surface area contributed by atoms with Crippen LogP contribution in [-0.4, -0.2) is 33.6 Å². The predicted molar refractivity (Wildman–Crippen MR) is 107 cm³/mol. The normalized spacial score (nSPS) is 18.0. The second-order valence-electron chi connectivity index (χ2n) is 6.14. The van der Waals surface area contributed by atoms with Crippen LogP contribution in [0, 0.1) is 0 Å². The van der Waals surface area contributed by atoms with Crippen molar-refractivity contribution >= 4 is 40.6 Å². The fourth-order valence-corrected chi connectivity index (χ4v) is 3.40. The van der Waals surface area contributed by atoms with E-state index in [0.29, 0.717) is 5.56 Å². The van der Waals surface area contributed by atoms with E-state index in [0.717, 1.165) is 23.9 Å². The van der Waals surface area contributed by atoms with Crippen LogP contribution in [0.5, 0.6) is 5.75 Å². The molecule has 3 N–H and O–H groups in total. The van der Waals surface area contributed by atoms with Crippen molar-refractivity contribution in [1.82, 2.24) is 5.32 Å². The second kappa shape index (κ2) is 8.99. The Balaban J connectivity index is 1.58. The lowest BCUT2D eigenvalue weighted by molar-refractivity contribution is -0.137. The summed E-state index contributed by atoms with van der Waals surface area (Å²) in [6.45, 7) is 0. The molecule has 0 aliphatic carbocycles. The molecule has 1 heterocycles. The number of nitrogens with zero attached hydrogens (tertiary/aromatic N) is 2. The minimum atomic E-state index is -4.52. The van der Waals surface area contributed by atoms with Gasteiger partial charge in [-0.15, -0.1) is 5.10 Å². The Bertz CT molecular complexity index is 1020. The fourth-order valence-electron chi connectivity index (χ4n) is 2.48. The summed E-state index contributed by atoms with van der Waals surface area (Å²) in [6.07, 6.45) is -3.47. The molecule has 1 saturated heterocycles. The average molecular weight is 436 g/mol. The molecule has 0 spiro atoms. The number of alkyl halides is 3. The molecular weight excluding hydrogens is 421 g/mol. The Morgan fingerprint density at radius 3 is 2.73 bits per heavy atom. The van der Waals surface area contributed by atoms with Gasteiger partial charge >= 0.3 is 6.18 Å². The number of thioether (sulfide) groups is 1. The third-order valence-corrected chi connectivity index (χ3v) is 4.98. The number of amides is 2. The van der Waals surface area contributed by atoms with Crippen molar-refractivity contribution in [2.75, 3.05) is 5.32 Å². The van der Waals surface area contributed by atoms with Crippen molar-refractivity contribution in [3.8, 4) is 5.75 Å². The number of halogens is 3. The third-order valence-electron chi connectivity index (χ3n) is 3.90. The summed E-state index contributed by atoms with van der Waals surface area (Å²) in [6, 6.07) is 10.7. The lowest BCUT2D eigenvalue weighted by Gasteiger charge is -2.10. The molecule has 0 saturated carbocycles. The molecule has 30 heavy (non-hydrogen) atoms. The number of carbonyl (C=O) groups excluding carboxylic acids is 2. The standard InChI is InChI=1S/C19H15F3N4O3S/c20-19(21,22)12-5-3-6-13(8-12)24-16(28)9-15-17(29)25-18(30-15)26-23-10-11-4-1-2-7-14(11)27/h1-8,10,15,27H,9H2,(H,24,28)(H,25,26,29)/b23-10+/t15-/m1/s1. The highest BCUT2D eigenvalue weighted by atomic mass is 32.2. The summed E-state index contributed by atoms with van der Waals surface area (Å²) in [5.41, 5.74) is -0.461. The summed E-state index contributed by atoms with van der Waals surface area (Å²) in [5.74, 6) is -1.05. The average Bonchev–Trinajstić information content (AvgIpc) is 3.02. The van der Waals surface area contributed by atoms with Crippen molar-refractivity contribution < 1.29 is 27.9 Å². The van der Waals surface area contributed by atoms with Crippen LogP contribution >= 0.6 is 11.8 Å². The lowest BCUT2D eigenvalue weighted by Crippen LogP contribution is -2.28. The van der Waals surface area contributed by atoms with E-state index in [9.17, 15) is 27.9 Å². The predicted octanol–water partition coefficient (Wildman–Crippen LogP) is 3.36. The van der Waals surface area contributed by atoms with Gasteiger partial charge in [0, 0.05) is 17.7 Å². The van der Waals surface area contributed by atoms with Gasteiger partial charge in [0.15, 0.2) is 5.17 Å². The summed E-state index contributed by atoms with van der Waals surface area (Å²) in [5, 5.41) is 21.5. The van der Waals surface area contributed by atoms with Crippen LogP contribution in [0.25, 0.3) is 0 Å². The quantitative estimate of drug-likeness (QED) is 0.494. The molecule has 2 aromatic carbocycles. The summed E-state index contributed by atoms with van der Waals surface area (Å²) >= 11 is 0.977. The number of para-hydroxylation sites is 1. The SMILES string of the molecule is O=C(C[C@H]1S/C(=N/N=C/c2ccccc2O)NC1=O)Nc1cccc(C(F)(F)F)c1. The Kier molecular flexibility index (Phi) is 6.40. The molecule has 1 aliphatic heterocycles. The molecule has 1 aliphatic rings. The second-order valence-corrected chi connectivity index (χ2v) is 7.33. The number of rotatable bonds is 5. The third kappa shape index (κ3) is 5.60. The number of phenolic OH excluding ortho intramolecular Hbond substituents is 1. The smallest absolute Gasteiger partial charge is 0.416 e. The van der Waals surface area contributed by atoms with Crippen molar-refractivity contribution in [3.63, 3.8) is 0 Å². The highest BCUT2D eigenvalue weighted by molar-refractivity contribution is 8.15. The molecule has 3 rings (SSSR count). The molecular formula is C19H15F3N4O3S. The minimum Gasteiger partial charge on any atom is -0.507 e. The first-order chi connectivity index (χ1) is 14.2. The number of aromatic hydroxyl groups is 1. The highest BCUT2D eigenvalue weighted by Gasteiger charge is 2.33. The Morgan fingerprint density at radius 1 is 1.23 bits per heavy atom. The molecule has 156 valence electrons. The van der Waals surface area contributed by atoms with Crippen LogP contribution in [0.1, 0.15) is 17.5 Å². The molecule has 2 aromatic rings. The number of carbonyl (C=O) groups is 2. The Morgan fingerprint density at radius 2 is 2.00 bits per heavy atom. The maximum atomic E-state index is 12.8. The number of hydrogen-bond donors (Lipinski definition) is 3. The van der Waals surface area contributed by atoms with Crippen LogP contribution in [0.15, 0.2) is 58.7 Å². The minimum absolute atomic E-state index is 0.0145. The molecule has 0 radical (unpaired) electrons. The van der Waals surface area contributed by atoms with Crippen molar-refractivity contribution in [1.29, 1.82) is 0 Å². The van der Waals surface area contributed by atoms with E-state index >= 15 is 0 Å². The number of amidine groups is 1. The Hall–Kier alpha value is -3.34. The zero-order valence-electron chi connectivity index (χ0n) is 15.2. The molecule has 0 unspecified atom stereocenters. The first kappa shape index (κ1) is 21.4. The van der Waals surface area contributed by atoms with E-state index in [1.807, 2.05) is 0 Å². The molecule has 7 nitrogen and oxygen atoms in total. The molecule has 0 bridgehead atoms. The fraction of sp³-hybridized carbons (Fsp3) is 0.158. The number of benzene rings is 2. The topological polar surface area (TPSA) is 103 Å². The van der Waals surface area contributed by atoms with Crippen LogP contribution in [0.2, 0.25) is 0 Å². The van der Waals surface area contributed by atoms with E-state index in [1.54, 1.807) is 18.2 Å². The van der Waals surface area contributed by atoms with Gasteiger partial charge in [0.25, 0.3) is 0 Å². The van der Waals surface area contributed by atoms with Gasteiger partial charge in [0.2, 0.25) is 11.8 Å². The number of anilines is 1. The maximum Gasteiger partial charge on any atom is 0.416 e. The van der Waals surface area contributed by atoms with Crippen LogP contribution in [0.3, 0.4) is 0 Å². The monoisotopic (exact) mass is 436 g/mol. The molecule has 0 aromatic heterocycles. The van der Waals surface area contributed by atoms with E-state index in [4.69, 9.17) is 0 Å². The van der Waals surface area contributed by atoms with Gasteiger partial charge in [-0.25, -0.2) is 0 Å². The molecule has 1 fully saturated rings. The van der Waals surface area contributed by atoms with Gasteiger partial charge in [-0.1, -0.05) is 30.0 Å². The molecule has 11 heteroatoms. The van der Waals surface area contributed by atoms with E-state index in [1.165, 1.54) is 24.4 Å². The highest BCUT2D eigenvalue weighted by Crippen LogP contribution is 2.31. The number of hydrogen-bond acceptors (Lipinski definition) is 6. The van der Waals surface area contributed by atoms with E-state index in [2.05, 4.69) is 20.8 Å². The van der Waals surface area contributed by atoms with Gasteiger partial charge in [0.1, 0.15) is 11.0 Å². The molecule has 2 amide bonds. The zero-order chi connectivity index (χ0) is 21.7. The van der Waals surface area contributed by atoms with E-state index in [-0.39, 0.29) is 23.0 Å². The summed E-state index contributed by atoms with van der Waals surface area (Å²) < 4.78 is 38.3. The van der Waals surface area contributed by atoms with Crippen molar-refractivity contribution in [3.05, 3.63) is 59.7 Å². The van der Waals surface area contributed by atoms with Crippen molar-refractivity contribution in [2.45, 2.75) is 17.8 Å². The first-order valence-electron chi connectivity index (χ1n) is 8.56. The number of nitrogens with one attached hydrogen (secondary N) is 2. The molecule has 1 atom stereocenters. The Labute approximate surface area is 173 Å².